The normalized spacial score (nSPS) is 16.5. The summed E-state index contributed by atoms with van der Waals surface area (Å²) in [6.07, 6.45) is 2.81. The van der Waals surface area contributed by atoms with Crippen LogP contribution in [0, 0.1) is 5.92 Å². The number of aliphatic hydroxyl groups excluding tert-OH is 1. The number of carboxylic acids is 1. The molecule has 18 N–H and O–H groups in total. The van der Waals surface area contributed by atoms with Gasteiger partial charge in [0.05, 0.1) is 19.7 Å². The maximum absolute atomic E-state index is 14.0. The highest BCUT2D eigenvalue weighted by atomic mass is 16.4. The number of phenolic OH excluding ortho intramolecular Hbond substituents is 1. The molecular formula is C51H72N14O14. The number of nitrogens with one attached hydrogen (secondary N) is 9. The van der Waals surface area contributed by atoms with E-state index in [-0.39, 0.29) is 81.6 Å². The summed E-state index contributed by atoms with van der Waals surface area (Å²) in [7, 11) is 0. The fourth-order valence-electron chi connectivity index (χ4n) is 8.70. The molecular weight excluding hydrogens is 1030 g/mol. The average Bonchev–Trinajstić information content (AvgIpc) is 4.19. The monoisotopic (exact) mass is 1100 g/mol. The number of aliphatic carboxylic acids is 1. The molecule has 0 bridgehead atoms. The molecule has 79 heavy (non-hydrogen) atoms. The lowest BCUT2D eigenvalue weighted by Gasteiger charge is -2.30. The third-order valence-corrected chi connectivity index (χ3v) is 12.5. The fraction of sp³-hybridized carbons (Fsp3) is 0.490. The quantitative estimate of drug-likeness (QED) is 0.0198. The highest BCUT2D eigenvalue weighted by Crippen LogP contribution is 2.22. The van der Waals surface area contributed by atoms with Crippen molar-refractivity contribution in [2.24, 2.45) is 28.1 Å². The Morgan fingerprint density at radius 2 is 1.39 bits per heavy atom. The van der Waals surface area contributed by atoms with Gasteiger partial charge in [-0.1, -0.05) is 44.2 Å². The number of carbonyl (C=O) groups is 11. The van der Waals surface area contributed by atoms with Crippen molar-refractivity contribution in [1.29, 1.82) is 0 Å². The summed E-state index contributed by atoms with van der Waals surface area (Å²) in [6, 6.07) is 4.21. The number of nitrogens with two attached hydrogens (primary N) is 3. The van der Waals surface area contributed by atoms with Gasteiger partial charge >= 0.3 is 0 Å². The number of hydrogen-bond donors (Lipinski definition) is 15. The number of primary amides is 1. The second kappa shape index (κ2) is 30.8. The summed E-state index contributed by atoms with van der Waals surface area (Å²) in [6.45, 7) is 2.86. The van der Waals surface area contributed by atoms with E-state index in [4.69, 9.17) is 27.1 Å². The lowest BCUT2D eigenvalue weighted by atomic mass is 10.0. The van der Waals surface area contributed by atoms with E-state index in [1.165, 1.54) is 29.2 Å². The van der Waals surface area contributed by atoms with Crippen molar-refractivity contribution in [3.63, 3.8) is 0 Å². The van der Waals surface area contributed by atoms with Gasteiger partial charge in [0.25, 0.3) is 5.97 Å². The molecule has 2 aromatic carbocycles. The van der Waals surface area contributed by atoms with Gasteiger partial charge in [0.2, 0.25) is 59.1 Å². The standard InChI is InChI=1S/C49H68N14O12.C2H4O2/c1-26(2)19-34(44(71)59-33(9-5-17-53-49(51)52)48(75)63-18-6-10-38(63)47(74)55-23-39(50)66)58-41(68)24-56-42(69)35(20-27-11-13-29(65)14-12-27)60-46(73)37(25-64)62-45(72)36(61-43(70)32-15-16-40(67)57-32)21-28-22-54-31-8-4-3-7-30(28)31;1-2(3)4/h3-4,7-8,11-14,22,26,32-38,54,64-65H,5-6,9-10,15-21,23-25H2,1-2H3,(H2,50,66)(H,55,74)(H,56,69)(H,57,67)(H,58,68)(H,59,71)(H,60,73)(H,61,70)(H,62,72)(H4,51,52,53);1H3,(H,3,4)/t32-,33-,34-,35-,36-,37-,38-;/m0./s1. The number of nitrogens with zero attached hydrogens (tertiary/aromatic N) is 2. The first-order valence-corrected chi connectivity index (χ1v) is 25.6. The molecule has 5 rings (SSSR count). The summed E-state index contributed by atoms with van der Waals surface area (Å²) in [5.74, 6) is -8.56. The van der Waals surface area contributed by atoms with Gasteiger partial charge in [0, 0.05) is 56.4 Å². The molecule has 7 atom stereocenters. The highest BCUT2D eigenvalue weighted by molar-refractivity contribution is 5.99. The van der Waals surface area contributed by atoms with Crippen molar-refractivity contribution in [2.45, 2.75) is 121 Å². The van der Waals surface area contributed by atoms with Gasteiger partial charge < -0.3 is 84.9 Å². The number of rotatable bonds is 27. The number of carboxylic acid groups (broad SMARTS) is 1. The minimum atomic E-state index is -1.67. The lowest BCUT2D eigenvalue weighted by molar-refractivity contribution is -0.142. The Morgan fingerprint density at radius 3 is 2.03 bits per heavy atom. The second-order valence-corrected chi connectivity index (χ2v) is 19.3. The topological polar surface area (TPSA) is 454 Å². The third-order valence-electron chi connectivity index (χ3n) is 12.5. The predicted molar refractivity (Wildman–Crippen MR) is 284 cm³/mol. The Balaban J connectivity index is 0.00000325. The van der Waals surface area contributed by atoms with E-state index in [0.29, 0.717) is 24.0 Å². The summed E-state index contributed by atoms with van der Waals surface area (Å²) < 4.78 is 0. The smallest absolute Gasteiger partial charge is 0.300 e. The van der Waals surface area contributed by atoms with Gasteiger partial charge in [-0.2, -0.15) is 0 Å². The molecule has 2 aliphatic heterocycles. The number of guanidine groups is 1. The van der Waals surface area contributed by atoms with E-state index in [0.717, 1.165) is 17.8 Å². The zero-order chi connectivity index (χ0) is 58.3. The summed E-state index contributed by atoms with van der Waals surface area (Å²) in [5, 5.41) is 48.9. The molecule has 3 aromatic rings. The van der Waals surface area contributed by atoms with Crippen molar-refractivity contribution < 1.29 is 68.1 Å². The molecule has 28 nitrogen and oxygen atoms in total. The lowest BCUT2D eigenvalue weighted by Crippen LogP contribution is -2.60. The van der Waals surface area contributed by atoms with Crippen LogP contribution in [0.2, 0.25) is 0 Å². The second-order valence-electron chi connectivity index (χ2n) is 19.3. The molecule has 2 fully saturated rings. The number of aromatic nitrogens is 1. The number of likely N-dealkylation sites (tertiary alicyclic amines) is 1. The first-order valence-electron chi connectivity index (χ1n) is 25.6. The van der Waals surface area contributed by atoms with E-state index >= 15 is 0 Å². The number of benzene rings is 2. The van der Waals surface area contributed by atoms with Crippen LogP contribution >= 0.6 is 0 Å². The molecule has 0 unspecified atom stereocenters. The van der Waals surface area contributed by atoms with Gasteiger partial charge in [-0.05, 0) is 73.8 Å². The first-order chi connectivity index (χ1) is 37.4. The predicted octanol–water partition coefficient (Wildman–Crippen LogP) is -3.75. The summed E-state index contributed by atoms with van der Waals surface area (Å²) >= 11 is 0. The number of aromatic hydroxyl groups is 1. The molecule has 0 saturated carbocycles. The van der Waals surface area contributed by atoms with E-state index < -0.39 is 121 Å². The number of aromatic amines is 1. The number of aliphatic imine (C=N–C) groups is 1. The number of para-hydroxylation sites is 1. The van der Waals surface area contributed by atoms with Gasteiger partial charge in [0.1, 0.15) is 48.0 Å². The molecule has 0 aliphatic carbocycles. The van der Waals surface area contributed by atoms with Crippen molar-refractivity contribution in [3.05, 3.63) is 65.9 Å². The van der Waals surface area contributed by atoms with Crippen LogP contribution in [0.1, 0.15) is 76.8 Å². The fourth-order valence-corrected chi connectivity index (χ4v) is 8.70. The number of H-pyrrole nitrogens is 1. The minimum absolute atomic E-state index is 0.0320. The number of phenols is 1. The van der Waals surface area contributed by atoms with Crippen LogP contribution in [0.25, 0.3) is 10.9 Å². The number of amides is 10. The van der Waals surface area contributed by atoms with Crippen molar-refractivity contribution in [2.75, 3.05) is 32.8 Å². The largest absolute Gasteiger partial charge is 0.508 e. The molecule has 2 aliphatic rings. The number of hydrogen-bond acceptors (Lipinski definition) is 14. The van der Waals surface area contributed by atoms with Crippen molar-refractivity contribution >= 4 is 81.9 Å². The van der Waals surface area contributed by atoms with Crippen LogP contribution in [0.5, 0.6) is 5.75 Å². The average molecular weight is 1110 g/mol. The van der Waals surface area contributed by atoms with E-state index in [2.05, 4.69) is 52.5 Å². The Kier molecular flexibility index (Phi) is 24.5. The number of carbonyl (C=O) groups excluding carboxylic acids is 10. The molecule has 28 heteroatoms. The Labute approximate surface area is 454 Å². The van der Waals surface area contributed by atoms with Crippen molar-refractivity contribution in [3.8, 4) is 5.75 Å². The molecule has 3 heterocycles. The molecule has 1 aromatic heterocycles. The van der Waals surface area contributed by atoms with Gasteiger partial charge in [-0.25, -0.2) is 0 Å². The Hall–Kier alpha value is -8.82. The van der Waals surface area contributed by atoms with E-state index in [9.17, 15) is 58.2 Å². The van der Waals surface area contributed by atoms with Crippen LogP contribution < -0.4 is 59.7 Å². The van der Waals surface area contributed by atoms with Crippen LogP contribution in [-0.2, 0) is 65.6 Å². The third kappa shape index (κ3) is 20.6. The minimum Gasteiger partial charge on any atom is -0.508 e. The molecule has 0 radical (unpaired) electrons. The van der Waals surface area contributed by atoms with Crippen LogP contribution in [0.4, 0.5) is 0 Å². The molecule has 2 saturated heterocycles. The SMILES string of the molecule is CC(=O)O.CC(C)C[C@H](NC(=O)CNC(=O)[C@H](Cc1ccc(O)cc1)NC(=O)[C@H](CO)NC(=O)[C@H](Cc1c[nH]c2ccccc12)NC(=O)[C@@H]1CCC(=O)N1)C(=O)N[C@@H](CCCN=C(N)N)C(=O)N1CCC[C@H]1C(=O)NCC(N)=O. The first kappa shape index (κ1) is 62.7. The highest BCUT2D eigenvalue weighted by Gasteiger charge is 2.39. The van der Waals surface area contributed by atoms with Crippen LogP contribution in [0.15, 0.2) is 59.7 Å². The molecule has 430 valence electrons. The zero-order valence-corrected chi connectivity index (χ0v) is 44.2. The van der Waals surface area contributed by atoms with E-state index in [1.807, 2.05) is 18.2 Å². The van der Waals surface area contributed by atoms with Gasteiger partial charge in [0.15, 0.2) is 5.96 Å². The summed E-state index contributed by atoms with van der Waals surface area (Å²) in [5.41, 5.74) is 18.0. The van der Waals surface area contributed by atoms with Crippen molar-refractivity contribution in [1.82, 2.24) is 52.4 Å². The van der Waals surface area contributed by atoms with E-state index in [1.54, 1.807) is 26.1 Å². The zero-order valence-electron chi connectivity index (χ0n) is 44.2. The van der Waals surface area contributed by atoms with Gasteiger partial charge in [-0.3, -0.25) is 57.7 Å². The van der Waals surface area contributed by atoms with Crippen LogP contribution in [-0.4, -0.2) is 171 Å². The van der Waals surface area contributed by atoms with Crippen LogP contribution in [0.3, 0.4) is 0 Å². The summed E-state index contributed by atoms with van der Waals surface area (Å²) in [4.78, 5) is 150. The Bertz CT molecular complexity index is 2690. The van der Waals surface area contributed by atoms with Gasteiger partial charge in [-0.15, -0.1) is 0 Å². The number of aliphatic hydroxyl groups is 1. The Morgan fingerprint density at radius 1 is 0.759 bits per heavy atom. The maximum atomic E-state index is 14.0. The molecule has 10 amide bonds. The number of fused-ring (bicyclic) bond motifs is 1. The molecule has 0 spiro atoms. The maximum Gasteiger partial charge on any atom is 0.300 e.